The number of ether oxygens (including phenoxy) is 1. The van der Waals surface area contributed by atoms with Crippen LogP contribution in [0.1, 0.15) is 23.2 Å². The first-order valence-electron chi connectivity index (χ1n) is 9.23. The van der Waals surface area contributed by atoms with Crippen molar-refractivity contribution in [3.63, 3.8) is 0 Å². The Morgan fingerprint density at radius 2 is 2.00 bits per heavy atom. The maximum absolute atomic E-state index is 9.99. The molecule has 4 nitrogen and oxygen atoms in total. The molecule has 4 rings (SSSR count). The van der Waals surface area contributed by atoms with Gasteiger partial charge in [0.2, 0.25) is 0 Å². The maximum Gasteiger partial charge on any atom is 0.180 e. The first kappa shape index (κ1) is 20.0. The Morgan fingerprint density at radius 1 is 1.14 bits per heavy atom. The number of rotatable bonds is 6. The lowest BCUT2D eigenvalue weighted by Gasteiger charge is -2.11. The molecular formula is C23H21ClN2O2S. The van der Waals surface area contributed by atoms with Crippen molar-refractivity contribution in [3.05, 3.63) is 88.8 Å². The zero-order valence-corrected chi connectivity index (χ0v) is 17.7. The van der Waals surface area contributed by atoms with Crippen LogP contribution < -0.4 is 0 Å². The van der Waals surface area contributed by atoms with Gasteiger partial charge >= 0.3 is 0 Å². The molecule has 0 aliphatic carbocycles. The lowest BCUT2D eigenvalue weighted by Crippen LogP contribution is -2.03. The van der Waals surface area contributed by atoms with Crippen LogP contribution in [0.25, 0.3) is 10.9 Å². The number of hydrogen-bond acceptors (Lipinski definition) is 4. The van der Waals surface area contributed by atoms with Gasteiger partial charge in [-0.25, -0.2) is 0 Å². The fourth-order valence-corrected chi connectivity index (χ4v) is 4.67. The van der Waals surface area contributed by atoms with Crippen LogP contribution in [0.4, 0.5) is 0 Å². The van der Waals surface area contributed by atoms with Crippen molar-refractivity contribution < 1.29 is 9.84 Å². The molecule has 148 valence electrons. The number of benzene rings is 2. The summed E-state index contributed by atoms with van der Waals surface area (Å²) in [5, 5.41) is 11.8. The molecule has 29 heavy (non-hydrogen) atoms. The fourth-order valence-electron chi connectivity index (χ4n) is 3.39. The van der Waals surface area contributed by atoms with Crippen LogP contribution in [0.2, 0.25) is 5.02 Å². The average Bonchev–Trinajstić information content (AvgIpc) is 2.99. The zero-order chi connectivity index (χ0) is 20.4. The first-order chi connectivity index (χ1) is 14.1. The van der Waals surface area contributed by atoms with Gasteiger partial charge in [-0.3, -0.25) is 4.98 Å². The second-order valence-electron chi connectivity index (χ2n) is 6.75. The van der Waals surface area contributed by atoms with E-state index in [1.807, 2.05) is 60.8 Å². The highest BCUT2D eigenvalue weighted by Gasteiger charge is 2.17. The lowest BCUT2D eigenvalue weighted by molar-refractivity contribution is -0.0770. The molecule has 0 saturated heterocycles. The predicted molar refractivity (Wildman–Crippen MR) is 118 cm³/mol. The van der Waals surface area contributed by atoms with Crippen molar-refractivity contribution in [2.75, 3.05) is 7.11 Å². The molecule has 2 heterocycles. The van der Waals surface area contributed by atoms with Gasteiger partial charge in [-0.15, -0.1) is 0 Å². The van der Waals surface area contributed by atoms with Gasteiger partial charge in [0.25, 0.3) is 0 Å². The predicted octanol–water partition coefficient (Wildman–Crippen LogP) is 5.83. The molecule has 2 aromatic carbocycles. The van der Waals surface area contributed by atoms with E-state index in [0.717, 1.165) is 37.6 Å². The minimum absolute atomic E-state index is 0.673. The van der Waals surface area contributed by atoms with Gasteiger partial charge in [-0.1, -0.05) is 47.6 Å². The van der Waals surface area contributed by atoms with Gasteiger partial charge in [-0.05, 0) is 43.3 Å². The summed E-state index contributed by atoms with van der Waals surface area (Å²) in [5.74, 6) is 0. The minimum Gasteiger partial charge on any atom is -0.364 e. The fraction of sp³-hybridized carbons (Fsp3) is 0.174. The normalized spacial score (nSPS) is 12.4. The molecule has 0 bridgehead atoms. The van der Waals surface area contributed by atoms with Gasteiger partial charge in [-0.2, -0.15) is 0 Å². The van der Waals surface area contributed by atoms with E-state index in [9.17, 15) is 5.11 Å². The number of hydrogen-bond donors (Lipinski definition) is 1. The largest absolute Gasteiger partial charge is 0.364 e. The highest BCUT2D eigenvalue weighted by molar-refractivity contribution is 7.99. The molecule has 0 spiro atoms. The molecule has 0 fully saturated rings. The molecule has 2 aromatic heterocycles. The van der Waals surface area contributed by atoms with Crippen LogP contribution in [-0.4, -0.2) is 21.8 Å². The Kier molecular flexibility index (Phi) is 5.92. The van der Waals surface area contributed by atoms with E-state index in [2.05, 4.69) is 22.5 Å². The monoisotopic (exact) mass is 424 g/mol. The molecular weight excluding hydrogens is 404 g/mol. The van der Waals surface area contributed by atoms with E-state index in [1.54, 1.807) is 11.8 Å². The second kappa shape index (κ2) is 8.59. The summed E-state index contributed by atoms with van der Waals surface area (Å²) < 4.78 is 7.29. The number of aliphatic hydroxyl groups is 1. The highest BCUT2D eigenvalue weighted by atomic mass is 35.5. The third-order valence-corrected chi connectivity index (χ3v) is 6.31. The number of aliphatic hydroxyl groups excluding tert-OH is 1. The van der Waals surface area contributed by atoms with Gasteiger partial charge in [0, 0.05) is 44.8 Å². The van der Waals surface area contributed by atoms with E-state index in [1.165, 1.54) is 7.11 Å². The van der Waals surface area contributed by atoms with Gasteiger partial charge in [0.1, 0.15) is 0 Å². The van der Waals surface area contributed by atoms with E-state index < -0.39 is 6.29 Å². The number of nitrogens with zero attached hydrogens (tertiary/aromatic N) is 2. The molecule has 0 amide bonds. The van der Waals surface area contributed by atoms with Crippen molar-refractivity contribution in [2.24, 2.45) is 0 Å². The van der Waals surface area contributed by atoms with Crippen molar-refractivity contribution in [2.45, 2.75) is 29.5 Å². The van der Waals surface area contributed by atoms with Gasteiger partial charge in [0.05, 0.1) is 17.8 Å². The quantitative estimate of drug-likeness (QED) is 0.395. The second-order valence-corrected chi connectivity index (χ2v) is 8.27. The topological polar surface area (TPSA) is 47.3 Å². The molecule has 4 aromatic rings. The Hall–Kier alpha value is -2.31. The van der Waals surface area contributed by atoms with E-state index >= 15 is 0 Å². The number of halogens is 1. The number of pyridine rings is 1. The Bertz CT molecular complexity index is 1140. The summed E-state index contributed by atoms with van der Waals surface area (Å²) >= 11 is 7.98. The van der Waals surface area contributed by atoms with Crippen molar-refractivity contribution >= 4 is 34.3 Å². The van der Waals surface area contributed by atoms with Crippen molar-refractivity contribution in [1.82, 2.24) is 9.55 Å². The molecule has 1 unspecified atom stereocenters. The van der Waals surface area contributed by atoms with Crippen LogP contribution in [0.15, 0.2) is 76.7 Å². The summed E-state index contributed by atoms with van der Waals surface area (Å²) in [6, 6.07) is 19.7. The molecule has 0 saturated carbocycles. The van der Waals surface area contributed by atoms with Crippen LogP contribution in [0.5, 0.6) is 0 Å². The zero-order valence-electron chi connectivity index (χ0n) is 16.2. The maximum atomic E-state index is 9.99. The number of methoxy groups -OCH3 is 1. The van der Waals surface area contributed by atoms with Crippen LogP contribution in [0, 0.1) is 6.92 Å². The Balaban J connectivity index is 1.78. The average molecular weight is 425 g/mol. The Labute approximate surface area is 179 Å². The van der Waals surface area contributed by atoms with Gasteiger partial charge in [0.15, 0.2) is 6.29 Å². The Morgan fingerprint density at radius 3 is 2.76 bits per heavy atom. The summed E-state index contributed by atoms with van der Waals surface area (Å²) in [5.41, 5.74) is 3.96. The standard InChI is InChI=1S/C23H21ClN2O2S/c1-15-22(29-19-8-5-6-16(12-19)23(27)28-2)20-10-9-17(24)13-21(20)26(15)14-18-7-3-4-11-25-18/h3-13,23,27H,14H2,1-2H3. The van der Waals surface area contributed by atoms with Crippen LogP contribution >= 0.6 is 23.4 Å². The smallest absolute Gasteiger partial charge is 0.180 e. The third kappa shape index (κ3) is 4.19. The number of aromatic nitrogens is 2. The molecule has 6 heteroatoms. The van der Waals surface area contributed by atoms with Crippen LogP contribution in [0.3, 0.4) is 0 Å². The molecule has 0 aliphatic rings. The van der Waals surface area contributed by atoms with Crippen molar-refractivity contribution in [3.8, 4) is 0 Å². The SMILES string of the molecule is COC(O)c1cccc(Sc2c(C)n(Cc3ccccn3)c3cc(Cl)ccc23)c1. The van der Waals surface area contributed by atoms with E-state index in [0.29, 0.717) is 11.6 Å². The summed E-state index contributed by atoms with van der Waals surface area (Å²) in [7, 11) is 1.49. The van der Waals surface area contributed by atoms with Gasteiger partial charge < -0.3 is 14.4 Å². The lowest BCUT2D eigenvalue weighted by atomic mass is 10.2. The van der Waals surface area contributed by atoms with Crippen LogP contribution in [-0.2, 0) is 11.3 Å². The number of fused-ring (bicyclic) bond motifs is 1. The molecule has 0 radical (unpaired) electrons. The van der Waals surface area contributed by atoms with E-state index in [-0.39, 0.29) is 0 Å². The summed E-state index contributed by atoms with van der Waals surface area (Å²) in [6.45, 7) is 2.79. The first-order valence-corrected chi connectivity index (χ1v) is 10.4. The molecule has 1 atom stereocenters. The van der Waals surface area contributed by atoms with E-state index in [4.69, 9.17) is 16.3 Å². The summed E-state index contributed by atoms with van der Waals surface area (Å²) in [4.78, 5) is 6.67. The van der Waals surface area contributed by atoms with Crippen molar-refractivity contribution in [1.29, 1.82) is 0 Å². The third-order valence-electron chi connectivity index (χ3n) is 4.86. The molecule has 1 N–H and O–H groups in total. The highest BCUT2D eigenvalue weighted by Crippen LogP contribution is 2.40. The molecule has 0 aliphatic heterocycles. The summed E-state index contributed by atoms with van der Waals surface area (Å²) in [6.07, 6.45) is 0.881. The minimum atomic E-state index is -0.930.